The lowest BCUT2D eigenvalue weighted by molar-refractivity contribution is 0.122. The molecule has 0 radical (unpaired) electrons. The third kappa shape index (κ3) is 4.99. The summed E-state index contributed by atoms with van der Waals surface area (Å²) in [5.74, 6) is -0.247. The van der Waals surface area contributed by atoms with Gasteiger partial charge in [-0.3, -0.25) is 4.90 Å². The molecule has 0 saturated carbocycles. The summed E-state index contributed by atoms with van der Waals surface area (Å²) in [7, 11) is 0. The largest absolute Gasteiger partial charge is 0.395 e. The third-order valence-electron chi connectivity index (χ3n) is 3.68. The van der Waals surface area contributed by atoms with Crippen LogP contribution >= 0.6 is 0 Å². The molecule has 1 aromatic rings. The van der Waals surface area contributed by atoms with Gasteiger partial charge in [0.15, 0.2) is 0 Å². The van der Waals surface area contributed by atoms with E-state index in [9.17, 15) is 9.18 Å². The molecule has 0 atom stereocenters. The second kappa shape index (κ2) is 7.95. The highest BCUT2D eigenvalue weighted by Gasteiger charge is 2.20. The molecule has 2 rings (SSSR count). The Hall–Kier alpha value is -1.66. The van der Waals surface area contributed by atoms with Crippen LogP contribution in [0.5, 0.6) is 0 Å². The number of nitrogens with zero attached hydrogens (tertiary/aromatic N) is 2. The van der Waals surface area contributed by atoms with Crippen LogP contribution in [0.4, 0.5) is 9.18 Å². The number of aliphatic hydroxyl groups is 1. The topological polar surface area (TPSA) is 55.8 Å². The molecule has 1 aliphatic heterocycles. The molecule has 1 fully saturated rings. The summed E-state index contributed by atoms with van der Waals surface area (Å²) in [6.07, 6.45) is 0.691. The fourth-order valence-corrected chi connectivity index (χ4v) is 2.39. The van der Waals surface area contributed by atoms with Crippen molar-refractivity contribution < 1.29 is 14.3 Å². The maximum absolute atomic E-state index is 12.8. The molecule has 0 aromatic heterocycles. The Balaban J connectivity index is 1.67. The predicted molar refractivity (Wildman–Crippen MR) is 78.6 cm³/mol. The Kier molecular flexibility index (Phi) is 5.95. The molecule has 1 aromatic carbocycles. The molecule has 2 N–H and O–H groups in total. The number of halogens is 1. The Morgan fingerprint density at radius 2 is 1.86 bits per heavy atom. The monoisotopic (exact) mass is 295 g/mol. The van der Waals surface area contributed by atoms with E-state index >= 15 is 0 Å². The molecule has 0 aliphatic carbocycles. The van der Waals surface area contributed by atoms with Gasteiger partial charge in [0.1, 0.15) is 5.82 Å². The highest BCUT2D eigenvalue weighted by Crippen LogP contribution is 2.04. The molecular formula is C15H22FN3O2. The van der Waals surface area contributed by atoms with Gasteiger partial charge in [0.05, 0.1) is 6.61 Å². The number of amides is 2. The molecular weight excluding hydrogens is 273 g/mol. The summed E-state index contributed by atoms with van der Waals surface area (Å²) in [5.41, 5.74) is 1.00. The Morgan fingerprint density at radius 1 is 1.19 bits per heavy atom. The normalized spacial score (nSPS) is 16.0. The minimum absolute atomic E-state index is 0.0549. The molecule has 2 amide bonds. The molecule has 0 bridgehead atoms. The number of β-amino-alcohol motifs (C(OH)–C–C–N with tert-alkyl or cyclic N) is 1. The number of rotatable bonds is 5. The summed E-state index contributed by atoms with van der Waals surface area (Å²) < 4.78 is 12.8. The summed E-state index contributed by atoms with van der Waals surface area (Å²) in [6.45, 7) is 4.33. The van der Waals surface area contributed by atoms with Crippen molar-refractivity contribution in [1.29, 1.82) is 0 Å². The van der Waals surface area contributed by atoms with Gasteiger partial charge in [-0.05, 0) is 24.1 Å². The molecule has 21 heavy (non-hydrogen) atoms. The van der Waals surface area contributed by atoms with Gasteiger partial charge in [0.2, 0.25) is 0 Å². The van der Waals surface area contributed by atoms with Crippen molar-refractivity contribution in [2.75, 3.05) is 45.9 Å². The zero-order valence-corrected chi connectivity index (χ0v) is 12.1. The summed E-state index contributed by atoms with van der Waals surface area (Å²) in [6, 6.07) is 6.26. The smallest absolute Gasteiger partial charge is 0.317 e. The number of piperazine rings is 1. The zero-order chi connectivity index (χ0) is 15.1. The standard InChI is InChI=1S/C15H22FN3O2/c16-14-3-1-13(2-4-14)5-6-17-15(21)19-9-7-18(8-10-19)11-12-20/h1-4,20H,5-12H2,(H,17,21). The van der Waals surface area contributed by atoms with Crippen molar-refractivity contribution >= 4 is 6.03 Å². The van der Waals surface area contributed by atoms with E-state index in [2.05, 4.69) is 10.2 Å². The van der Waals surface area contributed by atoms with Gasteiger partial charge in [-0.2, -0.15) is 0 Å². The van der Waals surface area contributed by atoms with Crippen molar-refractivity contribution in [2.24, 2.45) is 0 Å². The van der Waals surface area contributed by atoms with Crippen LogP contribution in [-0.2, 0) is 6.42 Å². The van der Waals surface area contributed by atoms with Crippen LogP contribution in [0, 0.1) is 5.82 Å². The number of benzene rings is 1. The van der Waals surface area contributed by atoms with Crippen LogP contribution in [0.2, 0.25) is 0 Å². The average Bonchev–Trinajstić information content (AvgIpc) is 2.50. The molecule has 5 nitrogen and oxygen atoms in total. The van der Waals surface area contributed by atoms with Crippen LogP contribution in [0.3, 0.4) is 0 Å². The van der Waals surface area contributed by atoms with Crippen LogP contribution in [0.25, 0.3) is 0 Å². The van der Waals surface area contributed by atoms with Crippen LogP contribution in [-0.4, -0.2) is 66.8 Å². The first-order valence-corrected chi connectivity index (χ1v) is 7.29. The number of carbonyl (C=O) groups excluding carboxylic acids is 1. The van der Waals surface area contributed by atoms with E-state index in [1.165, 1.54) is 12.1 Å². The van der Waals surface area contributed by atoms with Gasteiger partial charge in [0.25, 0.3) is 0 Å². The first-order chi connectivity index (χ1) is 10.2. The third-order valence-corrected chi connectivity index (χ3v) is 3.68. The van der Waals surface area contributed by atoms with Crippen LogP contribution < -0.4 is 5.32 Å². The second-order valence-electron chi connectivity index (χ2n) is 5.16. The number of hydrogen-bond acceptors (Lipinski definition) is 3. The predicted octanol–water partition coefficient (Wildman–Crippen LogP) is 0.688. The van der Waals surface area contributed by atoms with E-state index in [1.54, 1.807) is 17.0 Å². The number of urea groups is 1. The van der Waals surface area contributed by atoms with Crippen LogP contribution in [0.15, 0.2) is 24.3 Å². The maximum Gasteiger partial charge on any atom is 0.317 e. The lowest BCUT2D eigenvalue weighted by Crippen LogP contribution is -2.52. The first kappa shape index (κ1) is 15.7. The number of aliphatic hydroxyl groups excluding tert-OH is 1. The van der Waals surface area contributed by atoms with Crippen molar-refractivity contribution in [1.82, 2.24) is 15.1 Å². The Labute approximate surface area is 124 Å². The molecule has 6 heteroatoms. The molecule has 1 heterocycles. The van der Waals surface area contributed by atoms with E-state index in [0.717, 1.165) is 18.7 Å². The summed E-state index contributed by atoms with van der Waals surface area (Å²) in [4.78, 5) is 15.9. The summed E-state index contributed by atoms with van der Waals surface area (Å²) >= 11 is 0. The van der Waals surface area contributed by atoms with Gasteiger partial charge in [-0.1, -0.05) is 12.1 Å². The lowest BCUT2D eigenvalue weighted by Gasteiger charge is -2.34. The maximum atomic E-state index is 12.8. The van der Waals surface area contributed by atoms with E-state index in [4.69, 9.17) is 5.11 Å². The minimum atomic E-state index is -0.247. The average molecular weight is 295 g/mol. The van der Waals surface area contributed by atoms with Crippen molar-refractivity contribution in [2.45, 2.75) is 6.42 Å². The van der Waals surface area contributed by atoms with Crippen molar-refractivity contribution in [3.63, 3.8) is 0 Å². The van der Waals surface area contributed by atoms with E-state index < -0.39 is 0 Å². The fourth-order valence-electron chi connectivity index (χ4n) is 2.39. The fraction of sp³-hybridized carbons (Fsp3) is 0.533. The number of carbonyl (C=O) groups is 1. The summed E-state index contributed by atoms with van der Waals surface area (Å²) in [5, 5.41) is 11.8. The quantitative estimate of drug-likeness (QED) is 0.840. The first-order valence-electron chi connectivity index (χ1n) is 7.29. The highest BCUT2D eigenvalue weighted by molar-refractivity contribution is 5.74. The number of nitrogens with one attached hydrogen (secondary N) is 1. The van der Waals surface area contributed by atoms with Crippen LogP contribution in [0.1, 0.15) is 5.56 Å². The van der Waals surface area contributed by atoms with Gasteiger partial charge in [0, 0.05) is 39.3 Å². The molecule has 0 spiro atoms. The van der Waals surface area contributed by atoms with Crippen molar-refractivity contribution in [3.8, 4) is 0 Å². The van der Waals surface area contributed by atoms with E-state index in [1.807, 2.05) is 0 Å². The lowest BCUT2D eigenvalue weighted by atomic mass is 10.1. The van der Waals surface area contributed by atoms with E-state index in [0.29, 0.717) is 32.6 Å². The zero-order valence-electron chi connectivity index (χ0n) is 12.1. The molecule has 1 saturated heterocycles. The highest BCUT2D eigenvalue weighted by atomic mass is 19.1. The Morgan fingerprint density at radius 3 is 2.48 bits per heavy atom. The van der Waals surface area contributed by atoms with Gasteiger partial charge in [-0.25, -0.2) is 9.18 Å². The molecule has 1 aliphatic rings. The molecule has 0 unspecified atom stereocenters. The molecule has 116 valence electrons. The van der Waals surface area contributed by atoms with Gasteiger partial charge >= 0.3 is 6.03 Å². The Bertz CT molecular complexity index is 445. The SMILES string of the molecule is O=C(NCCc1ccc(F)cc1)N1CCN(CCO)CC1. The minimum Gasteiger partial charge on any atom is -0.395 e. The second-order valence-corrected chi connectivity index (χ2v) is 5.16. The number of hydrogen-bond donors (Lipinski definition) is 2. The van der Waals surface area contributed by atoms with Crippen molar-refractivity contribution in [3.05, 3.63) is 35.6 Å². The van der Waals surface area contributed by atoms with Gasteiger partial charge < -0.3 is 15.3 Å². The van der Waals surface area contributed by atoms with E-state index in [-0.39, 0.29) is 18.5 Å². The van der Waals surface area contributed by atoms with Gasteiger partial charge in [-0.15, -0.1) is 0 Å².